The van der Waals surface area contributed by atoms with Crippen molar-refractivity contribution in [1.29, 1.82) is 0 Å². The van der Waals surface area contributed by atoms with Gasteiger partial charge in [0.2, 0.25) is 0 Å². The molecule has 0 aromatic heterocycles. The van der Waals surface area contributed by atoms with E-state index in [1.807, 2.05) is 35.2 Å². The van der Waals surface area contributed by atoms with Crippen LogP contribution in [0.5, 0.6) is 0 Å². The Bertz CT molecular complexity index is 803. The number of cyclic esters (lactones) is 1. The third kappa shape index (κ3) is 2.52. The van der Waals surface area contributed by atoms with Gasteiger partial charge in [-0.15, -0.1) is 0 Å². The second-order valence-corrected chi connectivity index (χ2v) is 6.01. The molecule has 0 saturated carbocycles. The molecule has 5 nitrogen and oxygen atoms in total. The van der Waals surface area contributed by atoms with E-state index >= 15 is 0 Å². The number of hydrogen-bond acceptors (Lipinski definition) is 3. The molecule has 4 rings (SSSR count). The van der Waals surface area contributed by atoms with E-state index in [9.17, 15) is 9.59 Å². The molecule has 2 aliphatic rings. The van der Waals surface area contributed by atoms with Gasteiger partial charge in [0.1, 0.15) is 6.61 Å². The third-order valence-electron chi connectivity index (χ3n) is 4.52. The topological polar surface area (TPSA) is 49.9 Å². The fraction of sp³-hybridized carbons (Fsp3) is 0.263. The molecule has 2 aromatic carbocycles. The lowest BCUT2D eigenvalue weighted by Gasteiger charge is -2.29. The molecule has 0 bridgehead atoms. The summed E-state index contributed by atoms with van der Waals surface area (Å²) >= 11 is 0. The minimum atomic E-state index is -0.358. The van der Waals surface area contributed by atoms with Crippen LogP contribution in [0.1, 0.15) is 22.3 Å². The van der Waals surface area contributed by atoms with Crippen molar-refractivity contribution in [1.82, 2.24) is 0 Å². The second-order valence-electron chi connectivity index (χ2n) is 6.01. The highest BCUT2D eigenvalue weighted by Gasteiger charge is 2.26. The van der Waals surface area contributed by atoms with E-state index in [0.29, 0.717) is 30.9 Å². The maximum atomic E-state index is 13.0. The Morgan fingerprint density at radius 1 is 1.04 bits per heavy atom. The van der Waals surface area contributed by atoms with Crippen LogP contribution in [0, 0.1) is 0 Å². The summed E-state index contributed by atoms with van der Waals surface area (Å²) in [4.78, 5) is 28.1. The monoisotopic (exact) mass is 322 g/mol. The van der Waals surface area contributed by atoms with Gasteiger partial charge in [-0.25, -0.2) is 4.79 Å². The van der Waals surface area contributed by atoms with Crippen molar-refractivity contribution in [2.75, 3.05) is 29.5 Å². The molecule has 2 heterocycles. The first kappa shape index (κ1) is 14.8. The minimum absolute atomic E-state index is 0.0310. The van der Waals surface area contributed by atoms with Crippen LogP contribution >= 0.6 is 0 Å². The van der Waals surface area contributed by atoms with E-state index in [0.717, 1.165) is 18.5 Å². The van der Waals surface area contributed by atoms with Crippen molar-refractivity contribution in [2.24, 2.45) is 0 Å². The van der Waals surface area contributed by atoms with Crippen LogP contribution in [0.25, 0.3) is 0 Å². The summed E-state index contributed by atoms with van der Waals surface area (Å²) in [6.07, 6.45) is 1.60. The number of anilines is 2. The minimum Gasteiger partial charge on any atom is -0.447 e. The van der Waals surface area contributed by atoms with Crippen LogP contribution in [0.4, 0.5) is 16.2 Å². The Morgan fingerprint density at radius 3 is 2.75 bits per heavy atom. The lowest BCUT2D eigenvalue weighted by molar-refractivity contribution is 0.0985. The van der Waals surface area contributed by atoms with Gasteiger partial charge in [0.05, 0.1) is 6.54 Å². The zero-order chi connectivity index (χ0) is 16.5. The van der Waals surface area contributed by atoms with E-state index < -0.39 is 0 Å². The van der Waals surface area contributed by atoms with Gasteiger partial charge in [-0.1, -0.05) is 24.3 Å². The molecular weight excluding hydrogens is 304 g/mol. The molecule has 122 valence electrons. The highest BCUT2D eigenvalue weighted by molar-refractivity contribution is 6.07. The van der Waals surface area contributed by atoms with Crippen molar-refractivity contribution in [3.05, 3.63) is 59.7 Å². The predicted octanol–water partition coefficient (Wildman–Crippen LogP) is 3.24. The van der Waals surface area contributed by atoms with Crippen molar-refractivity contribution in [3.63, 3.8) is 0 Å². The summed E-state index contributed by atoms with van der Waals surface area (Å²) in [5.41, 5.74) is 3.48. The number of amides is 2. The largest absolute Gasteiger partial charge is 0.447 e. The van der Waals surface area contributed by atoms with Gasteiger partial charge in [-0.2, -0.15) is 0 Å². The number of fused-ring (bicyclic) bond motifs is 1. The van der Waals surface area contributed by atoms with Gasteiger partial charge in [0, 0.05) is 23.5 Å². The van der Waals surface area contributed by atoms with Crippen molar-refractivity contribution >= 4 is 23.4 Å². The molecular formula is C19H18N2O3. The normalized spacial score (nSPS) is 16.8. The lowest BCUT2D eigenvalue weighted by Crippen LogP contribution is -2.35. The first-order chi connectivity index (χ1) is 11.7. The molecule has 0 N–H and O–H groups in total. The Hall–Kier alpha value is -2.82. The Kier molecular flexibility index (Phi) is 3.69. The molecule has 0 aliphatic carbocycles. The fourth-order valence-electron chi connectivity index (χ4n) is 3.34. The first-order valence-corrected chi connectivity index (χ1v) is 8.18. The van der Waals surface area contributed by atoms with Crippen LogP contribution in [-0.4, -0.2) is 31.7 Å². The fourth-order valence-corrected chi connectivity index (χ4v) is 3.34. The Morgan fingerprint density at radius 2 is 1.92 bits per heavy atom. The summed E-state index contributed by atoms with van der Waals surface area (Å²) in [6.45, 7) is 1.62. The number of carbonyl (C=O) groups excluding carboxylic acids is 2. The van der Waals surface area contributed by atoms with Gasteiger partial charge < -0.3 is 9.64 Å². The summed E-state index contributed by atoms with van der Waals surface area (Å²) in [5.74, 6) is -0.0310. The van der Waals surface area contributed by atoms with Crippen LogP contribution in [0.15, 0.2) is 48.5 Å². The van der Waals surface area contributed by atoms with Gasteiger partial charge in [-0.05, 0) is 42.7 Å². The Balaban J connectivity index is 1.65. The average molecular weight is 322 g/mol. The highest BCUT2D eigenvalue weighted by Crippen LogP contribution is 2.29. The van der Waals surface area contributed by atoms with Gasteiger partial charge >= 0.3 is 6.09 Å². The summed E-state index contributed by atoms with van der Waals surface area (Å²) in [7, 11) is 0. The Labute approximate surface area is 140 Å². The molecule has 0 atom stereocenters. The van der Waals surface area contributed by atoms with Crippen LogP contribution in [0.3, 0.4) is 0 Å². The van der Waals surface area contributed by atoms with E-state index in [1.165, 1.54) is 5.56 Å². The summed E-state index contributed by atoms with van der Waals surface area (Å²) in [6, 6.07) is 15.2. The summed E-state index contributed by atoms with van der Waals surface area (Å²) < 4.78 is 4.97. The number of rotatable bonds is 2. The molecule has 0 spiro atoms. The molecule has 5 heteroatoms. The molecule has 24 heavy (non-hydrogen) atoms. The van der Waals surface area contributed by atoms with Gasteiger partial charge in [-0.3, -0.25) is 9.69 Å². The zero-order valence-corrected chi connectivity index (χ0v) is 13.3. The number of benzene rings is 2. The number of carbonyl (C=O) groups is 2. The van der Waals surface area contributed by atoms with Crippen molar-refractivity contribution in [3.8, 4) is 0 Å². The number of nitrogens with zero attached hydrogens (tertiary/aromatic N) is 2. The number of hydrogen-bond donors (Lipinski definition) is 0. The maximum absolute atomic E-state index is 13.0. The molecule has 1 fully saturated rings. The molecule has 0 radical (unpaired) electrons. The second kappa shape index (κ2) is 6.00. The van der Waals surface area contributed by atoms with Crippen LogP contribution in [0.2, 0.25) is 0 Å². The smallest absolute Gasteiger partial charge is 0.414 e. The SMILES string of the molecule is O=C1OCCN1c1cccc(C(=O)N2CCCc3ccccc32)c1. The number of ether oxygens (including phenoxy) is 1. The number of para-hydroxylation sites is 1. The maximum Gasteiger partial charge on any atom is 0.414 e. The van der Waals surface area contributed by atoms with E-state index in [4.69, 9.17) is 4.74 Å². The molecule has 0 unspecified atom stereocenters. The summed E-state index contributed by atoms with van der Waals surface area (Å²) in [5, 5.41) is 0. The highest BCUT2D eigenvalue weighted by atomic mass is 16.6. The van der Waals surface area contributed by atoms with E-state index in [1.54, 1.807) is 17.0 Å². The van der Waals surface area contributed by atoms with E-state index in [-0.39, 0.29) is 12.0 Å². The van der Waals surface area contributed by atoms with Gasteiger partial charge in [0.25, 0.3) is 5.91 Å². The van der Waals surface area contributed by atoms with Gasteiger partial charge in [0.15, 0.2) is 0 Å². The lowest BCUT2D eigenvalue weighted by atomic mass is 10.0. The third-order valence-corrected chi connectivity index (χ3v) is 4.52. The quantitative estimate of drug-likeness (QED) is 0.853. The van der Waals surface area contributed by atoms with Crippen molar-refractivity contribution in [2.45, 2.75) is 12.8 Å². The molecule has 2 aliphatic heterocycles. The van der Waals surface area contributed by atoms with Crippen LogP contribution < -0.4 is 9.80 Å². The molecule has 2 aromatic rings. The van der Waals surface area contributed by atoms with E-state index in [2.05, 4.69) is 6.07 Å². The number of aryl methyl sites for hydroxylation is 1. The zero-order valence-electron chi connectivity index (χ0n) is 13.3. The average Bonchev–Trinajstić information content (AvgIpc) is 3.07. The molecule has 1 saturated heterocycles. The van der Waals surface area contributed by atoms with Crippen molar-refractivity contribution < 1.29 is 14.3 Å². The standard InChI is InChI=1S/C19H18N2O3/c22-18(21-10-4-7-14-5-1-2-9-17(14)21)15-6-3-8-16(13-15)20-11-12-24-19(20)23/h1-3,5-6,8-9,13H,4,7,10-12H2. The predicted molar refractivity (Wildman–Crippen MR) is 91.6 cm³/mol. The molecule has 2 amide bonds. The van der Waals surface area contributed by atoms with Crippen LogP contribution in [-0.2, 0) is 11.2 Å². The first-order valence-electron chi connectivity index (χ1n) is 8.18.